The third-order valence-electron chi connectivity index (χ3n) is 3.35. The molecule has 2 aromatic heterocycles. The van der Waals surface area contributed by atoms with Gasteiger partial charge in [0.2, 0.25) is 5.91 Å². The highest BCUT2D eigenvalue weighted by Crippen LogP contribution is 2.18. The van der Waals surface area contributed by atoms with E-state index in [1.54, 1.807) is 17.5 Å². The molecular formula is C16H23N3OS. The van der Waals surface area contributed by atoms with E-state index < -0.39 is 0 Å². The Balaban J connectivity index is 1.80. The summed E-state index contributed by atoms with van der Waals surface area (Å²) in [6, 6.07) is 4.18. The fourth-order valence-electron chi connectivity index (χ4n) is 2.22. The van der Waals surface area contributed by atoms with Crippen LogP contribution in [0.1, 0.15) is 44.4 Å². The Morgan fingerprint density at radius 1 is 1.38 bits per heavy atom. The maximum Gasteiger partial charge on any atom is 0.225 e. The van der Waals surface area contributed by atoms with Crippen molar-refractivity contribution in [2.75, 3.05) is 0 Å². The first kappa shape index (κ1) is 15.8. The minimum Gasteiger partial charge on any atom is -0.353 e. The Labute approximate surface area is 130 Å². The smallest absolute Gasteiger partial charge is 0.225 e. The van der Waals surface area contributed by atoms with E-state index in [2.05, 4.69) is 24.1 Å². The summed E-state index contributed by atoms with van der Waals surface area (Å²) in [6.07, 6.45) is 10.8. The van der Waals surface area contributed by atoms with Gasteiger partial charge in [-0.05, 0) is 25.5 Å². The average Bonchev–Trinajstić information content (AvgIpc) is 3.09. The highest BCUT2D eigenvalue weighted by molar-refractivity contribution is 7.14. The van der Waals surface area contributed by atoms with Crippen LogP contribution in [0.2, 0.25) is 0 Å². The van der Waals surface area contributed by atoms with Gasteiger partial charge in [0.25, 0.3) is 0 Å². The lowest BCUT2D eigenvalue weighted by Gasteiger charge is -2.12. The van der Waals surface area contributed by atoms with Crippen LogP contribution in [0.25, 0.3) is 5.13 Å². The number of hydrogen-bond donors (Lipinski definition) is 1. The third-order valence-corrected chi connectivity index (χ3v) is 4.36. The summed E-state index contributed by atoms with van der Waals surface area (Å²) in [5.74, 6) is 0.0849. The topological polar surface area (TPSA) is 46.9 Å². The maximum atomic E-state index is 12.0. The Bertz CT molecular complexity index is 548. The summed E-state index contributed by atoms with van der Waals surface area (Å²) in [5.41, 5.74) is 0. The largest absolute Gasteiger partial charge is 0.353 e. The van der Waals surface area contributed by atoms with Gasteiger partial charge in [-0.15, -0.1) is 11.3 Å². The number of hydrogen-bond acceptors (Lipinski definition) is 3. The van der Waals surface area contributed by atoms with E-state index in [1.165, 1.54) is 19.3 Å². The summed E-state index contributed by atoms with van der Waals surface area (Å²) in [5, 5.41) is 3.97. The molecule has 0 saturated heterocycles. The molecule has 2 rings (SSSR count). The SMILES string of the molecule is CCCCC[C@H](C)NC(=O)Cc1cnc(-n2cccc2)s1. The second kappa shape index (κ2) is 7.98. The summed E-state index contributed by atoms with van der Waals surface area (Å²) >= 11 is 1.56. The number of rotatable bonds is 8. The lowest BCUT2D eigenvalue weighted by molar-refractivity contribution is -0.121. The normalized spacial score (nSPS) is 12.3. The number of carbonyl (C=O) groups excluding carboxylic acids is 1. The van der Waals surface area contributed by atoms with Gasteiger partial charge in [0.05, 0.1) is 6.42 Å². The van der Waals surface area contributed by atoms with Gasteiger partial charge >= 0.3 is 0 Å². The van der Waals surface area contributed by atoms with Crippen LogP contribution in [0.3, 0.4) is 0 Å². The first-order valence-corrected chi connectivity index (χ1v) is 8.38. The van der Waals surface area contributed by atoms with Gasteiger partial charge in [-0.3, -0.25) is 4.79 Å². The van der Waals surface area contributed by atoms with Gasteiger partial charge < -0.3 is 9.88 Å². The number of unbranched alkanes of at least 4 members (excludes halogenated alkanes) is 2. The highest BCUT2D eigenvalue weighted by Gasteiger charge is 2.11. The van der Waals surface area contributed by atoms with Crippen LogP contribution in [0.15, 0.2) is 30.7 Å². The van der Waals surface area contributed by atoms with Crippen LogP contribution in [-0.2, 0) is 11.2 Å². The molecule has 114 valence electrons. The number of carbonyl (C=O) groups is 1. The van der Waals surface area contributed by atoms with E-state index in [1.807, 2.05) is 29.1 Å². The molecule has 1 amide bonds. The zero-order chi connectivity index (χ0) is 15.1. The standard InChI is InChI=1S/C16H23N3OS/c1-3-4-5-8-13(2)18-15(20)11-14-12-17-16(21-14)19-9-6-7-10-19/h6-7,9-10,12-13H,3-5,8,11H2,1-2H3,(H,18,20)/t13-/m0/s1. The average molecular weight is 305 g/mol. The number of thiazole rings is 1. The Hall–Kier alpha value is -1.62. The second-order valence-electron chi connectivity index (χ2n) is 5.34. The minimum absolute atomic E-state index is 0.0849. The molecule has 0 unspecified atom stereocenters. The molecule has 0 spiro atoms. The maximum absolute atomic E-state index is 12.0. The Morgan fingerprint density at radius 3 is 2.86 bits per heavy atom. The molecule has 4 nitrogen and oxygen atoms in total. The van der Waals surface area contributed by atoms with Crippen molar-refractivity contribution in [3.8, 4) is 5.13 Å². The molecule has 2 heterocycles. The number of aromatic nitrogens is 2. The van der Waals surface area contributed by atoms with Crippen molar-refractivity contribution < 1.29 is 4.79 Å². The summed E-state index contributed by atoms with van der Waals surface area (Å²) in [4.78, 5) is 17.4. The molecule has 0 aliphatic rings. The van der Waals surface area contributed by atoms with Crippen molar-refractivity contribution in [2.24, 2.45) is 0 Å². The van der Waals surface area contributed by atoms with Gasteiger partial charge in [0.15, 0.2) is 5.13 Å². The van der Waals surface area contributed by atoms with Crippen molar-refractivity contribution in [1.29, 1.82) is 0 Å². The number of amides is 1. The molecular weight excluding hydrogens is 282 g/mol. The second-order valence-corrected chi connectivity index (χ2v) is 6.43. The van der Waals surface area contributed by atoms with E-state index in [4.69, 9.17) is 0 Å². The van der Waals surface area contributed by atoms with Crippen LogP contribution >= 0.6 is 11.3 Å². The van der Waals surface area contributed by atoms with Gasteiger partial charge in [-0.1, -0.05) is 26.2 Å². The van der Waals surface area contributed by atoms with Crippen molar-refractivity contribution in [1.82, 2.24) is 14.9 Å². The quantitative estimate of drug-likeness (QED) is 0.758. The molecule has 1 atom stereocenters. The molecule has 0 fully saturated rings. The molecule has 0 aliphatic carbocycles. The molecule has 0 aliphatic heterocycles. The number of nitrogens with zero attached hydrogens (tertiary/aromatic N) is 2. The number of nitrogens with one attached hydrogen (secondary N) is 1. The molecule has 21 heavy (non-hydrogen) atoms. The molecule has 0 aromatic carbocycles. The van der Waals surface area contributed by atoms with Crippen LogP contribution in [0.5, 0.6) is 0 Å². The molecule has 1 N–H and O–H groups in total. The predicted octanol–water partition coefficient (Wildman–Crippen LogP) is 3.56. The van der Waals surface area contributed by atoms with Gasteiger partial charge in [0, 0.05) is 29.5 Å². The van der Waals surface area contributed by atoms with E-state index in [-0.39, 0.29) is 11.9 Å². The van der Waals surface area contributed by atoms with E-state index in [0.717, 1.165) is 16.4 Å². The lowest BCUT2D eigenvalue weighted by Crippen LogP contribution is -2.33. The summed E-state index contributed by atoms with van der Waals surface area (Å²) in [7, 11) is 0. The minimum atomic E-state index is 0.0849. The van der Waals surface area contributed by atoms with Crippen molar-refractivity contribution in [2.45, 2.75) is 52.0 Å². The van der Waals surface area contributed by atoms with Crippen molar-refractivity contribution in [3.63, 3.8) is 0 Å². The van der Waals surface area contributed by atoms with Crippen LogP contribution in [-0.4, -0.2) is 21.5 Å². The predicted molar refractivity (Wildman–Crippen MR) is 86.9 cm³/mol. The van der Waals surface area contributed by atoms with Crippen LogP contribution in [0, 0.1) is 0 Å². The molecule has 0 saturated carbocycles. The Kier molecular flexibility index (Phi) is 5.99. The zero-order valence-corrected chi connectivity index (χ0v) is 13.5. The van der Waals surface area contributed by atoms with Crippen LogP contribution < -0.4 is 5.32 Å². The first-order chi connectivity index (χ1) is 10.2. The fourth-order valence-corrected chi connectivity index (χ4v) is 3.09. The molecule has 5 heteroatoms. The fraction of sp³-hybridized carbons (Fsp3) is 0.500. The third kappa shape index (κ3) is 5.01. The summed E-state index contributed by atoms with van der Waals surface area (Å²) < 4.78 is 1.96. The van der Waals surface area contributed by atoms with E-state index >= 15 is 0 Å². The monoisotopic (exact) mass is 305 g/mol. The van der Waals surface area contributed by atoms with Crippen molar-refractivity contribution in [3.05, 3.63) is 35.6 Å². The van der Waals surface area contributed by atoms with Gasteiger partial charge in [0.1, 0.15) is 0 Å². The van der Waals surface area contributed by atoms with Gasteiger partial charge in [-0.25, -0.2) is 4.98 Å². The molecule has 0 radical (unpaired) electrons. The molecule has 0 bridgehead atoms. The zero-order valence-electron chi connectivity index (χ0n) is 12.7. The Morgan fingerprint density at radius 2 is 2.14 bits per heavy atom. The summed E-state index contributed by atoms with van der Waals surface area (Å²) in [6.45, 7) is 4.26. The van der Waals surface area contributed by atoms with E-state index in [0.29, 0.717) is 6.42 Å². The van der Waals surface area contributed by atoms with Crippen molar-refractivity contribution >= 4 is 17.2 Å². The first-order valence-electron chi connectivity index (χ1n) is 7.56. The van der Waals surface area contributed by atoms with E-state index in [9.17, 15) is 4.79 Å². The molecule has 2 aromatic rings. The highest BCUT2D eigenvalue weighted by atomic mass is 32.1. The van der Waals surface area contributed by atoms with Gasteiger partial charge in [-0.2, -0.15) is 0 Å². The van der Waals surface area contributed by atoms with Crippen LogP contribution in [0.4, 0.5) is 0 Å². The lowest BCUT2D eigenvalue weighted by atomic mass is 10.1.